The van der Waals surface area contributed by atoms with Gasteiger partial charge in [-0.2, -0.15) is 5.10 Å². The van der Waals surface area contributed by atoms with Gasteiger partial charge in [0.05, 0.1) is 23.4 Å². The third-order valence-electron chi connectivity index (χ3n) is 2.62. The Kier molecular flexibility index (Phi) is 3.42. The Labute approximate surface area is 104 Å². The van der Waals surface area contributed by atoms with Crippen LogP contribution in [0.1, 0.15) is 21.9 Å². The maximum atomic E-state index is 12.0. The highest BCUT2D eigenvalue weighted by Gasteiger charge is 2.13. The number of amides is 1. The summed E-state index contributed by atoms with van der Waals surface area (Å²) in [6.45, 7) is 4.83. The Morgan fingerprint density at radius 1 is 1.56 bits per heavy atom. The molecule has 0 bridgehead atoms. The lowest BCUT2D eigenvalue weighted by atomic mass is 10.3. The summed E-state index contributed by atoms with van der Waals surface area (Å²) in [6, 6.07) is 0. The molecule has 7 heteroatoms. The van der Waals surface area contributed by atoms with Crippen LogP contribution in [-0.2, 0) is 6.54 Å². The van der Waals surface area contributed by atoms with Crippen molar-refractivity contribution >= 4 is 11.6 Å². The third-order valence-corrected chi connectivity index (χ3v) is 2.62. The molecule has 7 nitrogen and oxygen atoms in total. The molecular weight excluding hydrogens is 232 g/mol. The van der Waals surface area contributed by atoms with Crippen LogP contribution >= 0.6 is 0 Å². The number of aromatic nitrogens is 4. The standard InChI is InChI=1S/C11H16N6O/c1-7-10(8(2)16-15-7)14-11(18)9-5-17(4-3-12)6-13-9/h5-6H,3-4,12H2,1-2H3,(H,14,18)(H,15,16). The molecule has 96 valence electrons. The molecule has 0 radical (unpaired) electrons. The summed E-state index contributed by atoms with van der Waals surface area (Å²) in [5.41, 5.74) is 8.07. The second kappa shape index (κ2) is 5.01. The lowest BCUT2D eigenvalue weighted by molar-refractivity contribution is 0.102. The fourth-order valence-corrected chi connectivity index (χ4v) is 1.66. The molecule has 0 saturated heterocycles. The largest absolute Gasteiger partial charge is 0.335 e. The number of rotatable bonds is 4. The van der Waals surface area contributed by atoms with Crippen molar-refractivity contribution in [2.45, 2.75) is 20.4 Å². The van der Waals surface area contributed by atoms with Crippen molar-refractivity contribution in [1.82, 2.24) is 19.7 Å². The average molecular weight is 248 g/mol. The van der Waals surface area contributed by atoms with Gasteiger partial charge in [0.25, 0.3) is 5.91 Å². The quantitative estimate of drug-likeness (QED) is 0.730. The number of hydrogen-bond acceptors (Lipinski definition) is 4. The lowest BCUT2D eigenvalue weighted by Crippen LogP contribution is -2.13. The summed E-state index contributed by atoms with van der Waals surface area (Å²) in [7, 11) is 0. The van der Waals surface area contributed by atoms with E-state index in [-0.39, 0.29) is 5.91 Å². The van der Waals surface area contributed by atoms with E-state index in [0.717, 1.165) is 11.4 Å². The first-order valence-corrected chi connectivity index (χ1v) is 5.66. The fraction of sp³-hybridized carbons (Fsp3) is 0.364. The summed E-state index contributed by atoms with van der Waals surface area (Å²) >= 11 is 0. The Bertz CT molecular complexity index is 536. The number of carbonyl (C=O) groups excluding carboxylic acids is 1. The van der Waals surface area contributed by atoms with Gasteiger partial charge in [0, 0.05) is 19.3 Å². The third kappa shape index (κ3) is 2.40. The van der Waals surface area contributed by atoms with Gasteiger partial charge in [-0.05, 0) is 13.8 Å². The SMILES string of the molecule is Cc1n[nH]c(C)c1NC(=O)c1cn(CCN)cn1. The van der Waals surface area contributed by atoms with Gasteiger partial charge in [0.1, 0.15) is 5.69 Å². The summed E-state index contributed by atoms with van der Waals surface area (Å²) < 4.78 is 1.78. The Morgan fingerprint density at radius 2 is 2.33 bits per heavy atom. The number of aromatic amines is 1. The molecular formula is C11H16N6O. The van der Waals surface area contributed by atoms with E-state index < -0.39 is 0 Å². The first kappa shape index (κ1) is 12.3. The Hall–Kier alpha value is -2.15. The van der Waals surface area contributed by atoms with E-state index in [1.807, 2.05) is 13.8 Å². The number of hydrogen-bond donors (Lipinski definition) is 3. The molecule has 0 fully saturated rings. The highest BCUT2D eigenvalue weighted by Crippen LogP contribution is 2.16. The number of aryl methyl sites for hydroxylation is 2. The van der Waals surface area contributed by atoms with Crippen LogP contribution in [0.5, 0.6) is 0 Å². The number of nitrogens with two attached hydrogens (primary N) is 1. The van der Waals surface area contributed by atoms with Gasteiger partial charge in [0.2, 0.25) is 0 Å². The van der Waals surface area contributed by atoms with E-state index in [0.29, 0.717) is 24.5 Å². The van der Waals surface area contributed by atoms with Crippen molar-refractivity contribution in [3.8, 4) is 0 Å². The summed E-state index contributed by atoms with van der Waals surface area (Å²) in [6.07, 6.45) is 3.27. The van der Waals surface area contributed by atoms with Crippen LogP contribution < -0.4 is 11.1 Å². The van der Waals surface area contributed by atoms with Gasteiger partial charge >= 0.3 is 0 Å². The molecule has 0 unspecified atom stereocenters. The van der Waals surface area contributed by atoms with Crippen LogP contribution in [0.4, 0.5) is 5.69 Å². The summed E-state index contributed by atoms with van der Waals surface area (Å²) in [4.78, 5) is 16.0. The maximum absolute atomic E-state index is 12.0. The van der Waals surface area contributed by atoms with Gasteiger partial charge in [-0.15, -0.1) is 0 Å². The van der Waals surface area contributed by atoms with Gasteiger partial charge in [0.15, 0.2) is 0 Å². The van der Waals surface area contributed by atoms with Crippen molar-refractivity contribution < 1.29 is 4.79 Å². The number of H-pyrrole nitrogens is 1. The zero-order chi connectivity index (χ0) is 13.1. The number of carbonyl (C=O) groups is 1. The molecule has 0 saturated carbocycles. The monoisotopic (exact) mass is 248 g/mol. The number of nitrogens with one attached hydrogen (secondary N) is 2. The minimum Gasteiger partial charge on any atom is -0.335 e. The Morgan fingerprint density at radius 3 is 2.94 bits per heavy atom. The number of imidazole rings is 1. The van der Waals surface area contributed by atoms with Crippen LogP contribution in [-0.4, -0.2) is 32.2 Å². The number of nitrogens with zero attached hydrogens (tertiary/aromatic N) is 3. The summed E-state index contributed by atoms with van der Waals surface area (Å²) in [5.74, 6) is -0.252. The van der Waals surface area contributed by atoms with Crippen molar-refractivity contribution in [2.24, 2.45) is 5.73 Å². The van der Waals surface area contributed by atoms with Crippen molar-refractivity contribution in [2.75, 3.05) is 11.9 Å². The lowest BCUT2D eigenvalue weighted by Gasteiger charge is -2.02. The van der Waals surface area contributed by atoms with Gasteiger partial charge in [-0.3, -0.25) is 9.89 Å². The second-order valence-corrected chi connectivity index (χ2v) is 4.05. The molecule has 2 aromatic rings. The Balaban J connectivity index is 2.12. The number of anilines is 1. The van der Waals surface area contributed by atoms with Crippen LogP contribution in [0.3, 0.4) is 0 Å². The topological polar surface area (TPSA) is 102 Å². The maximum Gasteiger partial charge on any atom is 0.275 e. The normalized spacial score (nSPS) is 10.6. The highest BCUT2D eigenvalue weighted by molar-refractivity contribution is 6.03. The van der Waals surface area contributed by atoms with Crippen LogP contribution in [0.2, 0.25) is 0 Å². The van der Waals surface area contributed by atoms with Crippen LogP contribution in [0.25, 0.3) is 0 Å². The molecule has 4 N–H and O–H groups in total. The minimum absolute atomic E-state index is 0.252. The molecule has 0 atom stereocenters. The molecule has 0 aliphatic rings. The van der Waals surface area contributed by atoms with E-state index in [4.69, 9.17) is 5.73 Å². The molecule has 2 aromatic heterocycles. The molecule has 2 rings (SSSR count). The van der Waals surface area contributed by atoms with Gasteiger partial charge in [-0.25, -0.2) is 4.98 Å². The smallest absolute Gasteiger partial charge is 0.275 e. The molecule has 0 aromatic carbocycles. The van der Waals surface area contributed by atoms with Gasteiger partial charge < -0.3 is 15.6 Å². The first-order valence-electron chi connectivity index (χ1n) is 5.66. The van der Waals surface area contributed by atoms with Crippen molar-refractivity contribution in [3.05, 3.63) is 29.6 Å². The van der Waals surface area contributed by atoms with Crippen LogP contribution in [0, 0.1) is 13.8 Å². The van der Waals surface area contributed by atoms with E-state index in [1.165, 1.54) is 0 Å². The molecule has 0 aliphatic heterocycles. The molecule has 0 spiro atoms. The molecule has 2 heterocycles. The predicted octanol–water partition coefficient (Wildman–Crippen LogP) is 0.434. The zero-order valence-corrected chi connectivity index (χ0v) is 10.4. The fourth-order valence-electron chi connectivity index (χ4n) is 1.66. The highest BCUT2D eigenvalue weighted by atomic mass is 16.1. The van der Waals surface area contributed by atoms with E-state index in [2.05, 4.69) is 20.5 Å². The van der Waals surface area contributed by atoms with Gasteiger partial charge in [-0.1, -0.05) is 0 Å². The zero-order valence-electron chi connectivity index (χ0n) is 10.4. The van der Waals surface area contributed by atoms with Crippen molar-refractivity contribution in [3.63, 3.8) is 0 Å². The van der Waals surface area contributed by atoms with Crippen molar-refractivity contribution in [1.29, 1.82) is 0 Å². The van der Waals surface area contributed by atoms with E-state index in [9.17, 15) is 4.79 Å². The summed E-state index contributed by atoms with van der Waals surface area (Å²) in [5, 5.41) is 9.62. The predicted molar refractivity (Wildman–Crippen MR) is 67.3 cm³/mol. The van der Waals surface area contributed by atoms with E-state index in [1.54, 1.807) is 17.1 Å². The van der Waals surface area contributed by atoms with E-state index >= 15 is 0 Å². The second-order valence-electron chi connectivity index (χ2n) is 4.05. The first-order chi connectivity index (χ1) is 8.61. The molecule has 18 heavy (non-hydrogen) atoms. The molecule has 1 amide bonds. The minimum atomic E-state index is -0.252. The molecule has 0 aliphatic carbocycles. The average Bonchev–Trinajstić information content (AvgIpc) is 2.91. The van der Waals surface area contributed by atoms with Crippen LogP contribution in [0.15, 0.2) is 12.5 Å².